The molecule has 1 heterocycles. The van der Waals surface area contributed by atoms with Crippen LogP contribution in [0.4, 0.5) is 0 Å². The zero-order valence-electron chi connectivity index (χ0n) is 15.9. The standard InChI is InChI=1S/C20H23NO6S2/c22-20(27-15-6-16-28(23,24)18-7-2-1-3-8-18)17-9-11-19(12-10-17)29(25,26)21-13-4-5-14-21/h1-3,7-12H,4-6,13-16H2. The second-order valence-electron chi connectivity index (χ2n) is 6.76. The predicted molar refractivity (Wildman–Crippen MR) is 108 cm³/mol. The molecule has 1 aliphatic rings. The van der Waals surface area contributed by atoms with Crippen LogP contribution in [-0.2, 0) is 24.6 Å². The van der Waals surface area contributed by atoms with Crippen LogP contribution in [-0.4, -0.2) is 52.6 Å². The van der Waals surface area contributed by atoms with Gasteiger partial charge in [0.25, 0.3) is 0 Å². The van der Waals surface area contributed by atoms with Crippen molar-refractivity contribution >= 4 is 25.8 Å². The highest BCUT2D eigenvalue weighted by atomic mass is 32.2. The summed E-state index contributed by atoms with van der Waals surface area (Å²) in [4.78, 5) is 12.5. The summed E-state index contributed by atoms with van der Waals surface area (Å²) < 4.78 is 55.9. The maximum atomic E-state index is 12.5. The lowest BCUT2D eigenvalue weighted by molar-refractivity contribution is 0.0505. The van der Waals surface area contributed by atoms with E-state index in [4.69, 9.17) is 4.74 Å². The van der Waals surface area contributed by atoms with Crippen LogP contribution in [0.1, 0.15) is 29.6 Å². The van der Waals surface area contributed by atoms with Crippen molar-refractivity contribution in [2.45, 2.75) is 29.1 Å². The summed E-state index contributed by atoms with van der Waals surface area (Å²) in [6.07, 6.45) is 1.87. The van der Waals surface area contributed by atoms with Crippen molar-refractivity contribution in [1.29, 1.82) is 0 Å². The van der Waals surface area contributed by atoms with Crippen molar-refractivity contribution < 1.29 is 26.4 Å². The molecule has 1 aliphatic heterocycles. The van der Waals surface area contributed by atoms with Crippen LogP contribution in [0.15, 0.2) is 64.4 Å². The fraction of sp³-hybridized carbons (Fsp3) is 0.350. The zero-order chi connectivity index (χ0) is 20.9. The molecular formula is C20H23NO6S2. The minimum Gasteiger partial charge on any atom is -0.462 e. The number of carbonyl (C=O) groups is 1. The number of sulfonamides is 1. The molecule has 1 fully saturated rings. The minimum atomic E-state index is -3.53. The Labute approximate surface area is 171 Å². The molecule has 0 spiro atoms. The molecule has 0 aliphatic carbocycles. The number of esters is 1. The van der Waals surface area contributed by atoms with Gasteiger partial charge in [-0.2, -0.15) is 4.31 Å². The summed E-state index contributed by atoms with van der Waals surface area (Å²) in [5, 5.41) is 0. The van der Waals surface area contributed by atoms with Gasteiger partial charge in [0, 0.05) is 13.1 Å². The molecule has 156 valence electrons. The van der Waals surface area contributed by atoms with Crippen LogP contribution < -0.4 is 0 Å². The van der Waals surface area contributed by atoms with Gasteiger partial charge in [-0.05, 0) is 55.7 Å². The van der Waals surface area contributed by atoms with E-state index in [-0.39, 0.29) is 34.1 Å². The second kappa shape index (κ2) is 9.06. The minimum absolute atomic E-state index is 0.0429. The molecule has 0 amide bonds. The van der Waals surface area contributed by atoms with E-state index in [1.807, 2.05) is 0 Å². The van der Waals surface area contributed by atoms with E-state index in [0.717, 1.165) is 12.8 Å². The summed E-state index contributed by atoms with van der Waals surface area (Å²) in [5.41, 5.74) is 0.219. The highest BCUT2D eigenvalue weighted by Crippen LogP contribution is 2.21. The SMILES string of the molecule is O=C(OCCCS(=O)(=O)c1ccccc1)c1ccc(S(=O)(=O)N2CCCC2)cc1. The molecule has 0 radical (unpaired) electrons. The first-order valence-corrected chi connectivity index (χ1v) is 12.4. The highest BCUT2D eigenvalue weighted by molar-refractivity contribution is 7.91. The Balaban J connectivity index is 1.52. The summed E-state index contributed by atoms with van der Waals surface area (Å²) in [6.45, 7) is 0.981. The lowest BCUT2D eigenvalue weighted by atomic mass is 10.2. The Bertz CT molecular complexity index is 1040. The lowest BCUT2D eigenvalue weighted by Gasteiger charge is -2.15. The molecule has 2 aromatic carbocycles. The van der Waals surface area contributed by atoms with Gasteiger partial charge in [-0.25, -0.2) is 21.6 Å². The first kappa shape index (κ1) is 21.5. The molecule has 7 nitrogen and oxygen atoms in total. The third kappa shape index (κ3) is 5.23. The number of carbonyl (C=O) groups excluding carboxylic acids is 1. The van der Waals surface area contributed by atoms with E-state index in [1.165, 1.54) is 40.7 Å². The highest BCUT2D eigenvalue weighted by Gasteiger charge is 2.27. The van der Waals surface area contributed by atoms with Crippen LogP contribution in [0.3, 0.4) is 0 Å². The topological polar surface area (TPSA) is 97.8 Å². The monoisotopic (exact) mass is 437 g/mol. The van der Waals surface area contributed by atoms with Gasteiger partial charge in [0.05, 0.1) is 27.7 Å². The number of benzene rings is 2. The van der Waals surface area contributed by atoms with Crippen LogP contribution in [0.25, 0.3) is 0 Å². The predicted octanol–water partition coefficient (Wildman–Crippen LogP) is 2.49. The van der Waals surface area contributed by atoms with Crippen LogP contribution in [0, 0.1) is 0 Å². The van der Waals surface area contributed by atoms with Gasteiger partial charge in [-0.1, -0.05) is 18.2 Å². The maximum Gasteiger partial charge on any atom is 0.338 e. The summed E-state index contributed by atoms with van der Waals surface area (Å²) >= 11 is 0. The first-order chi connectivity index (χ1) is 13.8. The smallest absolute Gasteiger partial charge is 0.338 e. The van der Waals surface area contributed by atoms with Gasteiger partial charge in [-0.15, -0.1) is 0 Å². The average molecular weight is 438 g/mol. The van der Waals surface area contributed by atoms with Gasteiger partial charge in [0.15, 0.2) is 9.84 Å². The van der Waals surface area contributed by atoms with Crippen molar-refractivity contribution in [3.63, 3.8) is 0 Å². The molecule has 3 rings (SSSR count). The molecule has 0 saturated carbocycles. The van der Waals surface area contributed by atoms with Crippen molar-refractivity contribution in [2.24, 2.45) is 0 Å². The van der Waals surface area contributed by atoms with E-state index >= 15 is 0 Å². The molecule has 29 heavy (non-hydrogen) atoms. The normalized spacial score (nSPS) is 15.3. The maximum absolute atomic E-state index is 12.5. The molecule has 0 atom stereocenters. The van der Waals surface area contributed by atoms with Crippen LogP contribution in [0.5, 0.6) is 0 Å². The van der Waals surface area contributed by atoms with Crippen molar-refractivity contribution in [3.8, 4) is 0 Å². The molecule has 0 unspecified atom stereocenters. The summed E-state index contributed by atoms with van der Waals surface area (Å²) in [6, 6.07) is 13.7. The van der Waals surface area contributed by atoms with Gasteiger partial charge in [-0.3, -0.25) is 0 Å². The van der Waals surface area contributed by atoms with E-state index < -0.39 is 25.8 Å². The number of ether oxygens (including phenoxy) is 1. The molecule has 2 aromatic rings. The number of rotatable bonds is 8. The molecule has 0 aromatic heterocycles. The molecule has 0 bridgehead atoms. The third-order valence-corrected chi connectivity index (χ3v) is 8.42. The Morgan fingerprint density at radius 2 is 1.48 bits per heavy atom. The van der Waals surface area contributed by atoms with E-state index in [1.54, 1.807) is 18.2 Å². The summed E-state index contributed by atoms with van der Waals surface area (Å²) in [5.74, 6) is -0.746. The van der Waals surface area contributed by atoms with Crippen LogP contribution in [0.2, 0.25) is 0 Å². The van der Waals surface area contributed by atoms with Gasteiger partial charge >= 0.3 is 5.97 Å². The molecule has 1 saturated heterocycles. The summed E-state index contributed by atoms with van der Waals surface area (Å²) in [7, 11) is -6.95. The fourth-order valence-electron chi connectivity index (χ4n) is 3.08. The number of hydrogen-bond acceptors (Lipinski definition) is 6. The Morgan fingerprint density at radius 1 is 0.862 bits per heavy atom. The van der Waals surface area contributed by atoms with E-state index in [0.29, 0.717) is 13.1 Å². The van der Waals surface area contributed by atoms with E-state index in [9.17, 15) is 21.6 Å². The van der Waals surface area contributed by atoms with Gasteiger partial charge < -0.3 is 4.74 Å². The van der Waals surface area contributed by atoms with Crippen LogP contribution >= 0.6 is 0 Å². The lowest BCUT2D eigenvalue weighted by Crippen LogP contribution is -2.27. The molecular weight excluding hydrogens is 414 g/mol. The molecule has 0 N–H and O–H groups in total. The second-order valence-corrected chi connectivity index (χ2v) is 10.8. The number of nitrogens with zero attached hydrogens (tertiary/aromatic N) is 1. The Morgan fingerprint density at radius 3 is 2.10 bits per heavy atom. The molecule has 9 heteroatoms. The zero-order valence-corrected chi connectivity index (χ0v) is 17.5. The Hall–Kier alpha value is -2.23. The largest absolute Gasteiger partial charge is 0.462 e. The van der Waals surface area contributed by atoms with Crippen molar-refractivity contribution in [2.75, 3.05) is 25.4 Å². The Kier molecular flexibility index (Phi) is 6.71. The van der Waals surface area contributed by atoms with Crippen molar-refractivity contribution in [3.05, 3.63) is 60.2 Å². The third-order valence-electron chi connectivity index (χ3n) is 4.69. The quantitative estimate of drug-likeness (QED) is 0.465. The van der Waals surface area contributed by atoms with E-state index in [2.05, 4.69) is 0 Å². The number of hydrogen-bond donors (Lipinski definition) is 0. The fourth-order valence-corrected chi connectivity index (χ4v) is 5.91. The number of sulfone groups is 1. The first-order valence-electron chi connectivity index (χ1n) is 9.36. The van der Waals surface area contributed by atoms with Gasteiger partial charge in [0.2, 0.25) is 10.0 Å². The average Bonchev–Trinajstić information content (AvgIpc) is 3.28. The van der Waals surface area contributed by atoms with Crippen molar-refractivity contribution in [1.82, 2.24) is 4.31 Å². The van der Waals surface area contributed by atoms with Gasteiger partial charge in [0.1, 0.15) is 0 Å².